The van der Waals surface area contributed by atoms with E-state index in [4.69, 9.17) is 19.4 Å². The maximum Gasteiger partial charge on any atom is 0.186 e. The highest BCUT2D eigenvalue weighted by Crippen LogP contribution is 2.36. The first kappa shape index (κ1) is 17.5. The molecule has 3 heterocycles. The molecule has 1 aliphatic rings. The Labute approximate surface area is 171 Å². The predicted octanol–water partition coefficient (Wildman–Crippen LogP) is 4.25. The molecule has 0 bridgehead atoms. The van der Waals surface area contributed by atoms with Gasteiger partial charge in [-0.05, 0) is 24.3 Å². The molecule has 6 nitrogen and oxygen atoms in total. The highest BCUT2D eigenvalue weighted by Gasteiger charge is 2.23. The number of methoxy groups -OCH3 is 2. The van der Waals surface area contributed by atoms with Crippen LogP contribution in [0.4, 0.5) is 10.3 Å². The van der Waals surface area contributed by atoms with Gasteiger partial charge in [0.15, 0.2) is 10.3 Å². The van der Waals surface area contributed by atoms with Crippen molar-refractivity contribution in [1.82, 2.24) is 9.97 Å². The van der Waals surface area contributed by atoms with Gasteiger partial charge in [-0.15, -0.1) is 0 Å². The maximum atomic E-state index is 5.45. The van der Waals surface area contributed by atoms with Gasteiger partial charge in [0.25, 0.3) is 0 Å². The van der Waals surface area contributed by atoms with Crippen LogP contribution < -0.4 is 19.3 Å². The number of nitrogens with zero attached hydrogens (tertiary/aromatic N) is 4. The molecule has 0 unspecified atom stereocenters. The third kappa shape index (κ3) is 2.93. The second-order valence-corrected chi connectivity index (χ2v) is 8.60. The average molecular weight is 413 g/mol. The SMILES string of the molecule is COc1cccc2sc(N3CCN(c4nc5c(OC)cccc5s4)CC3)nc12. The number of aromatic nitrogens is 2. The second-order valence-electron chi connectivity index (χ2n) is 6.58. The Morgan fingerprint density at radius 3 is 1.54 bits per heavy atom. The first-order valence-corrected chi connectivity index (χ1v) is 10.8. The van der Waals surface area contributed by atoms with Gasteiger partial charge in [-0.1, -0.05) is 34.8 Å². The molecule has 2 aromatic carbocycles. The molecule has 0 aliphatic carbocycles. The Bertz CT molecular complexity index is 1040. The summed E-state index contributed by atoms with van der Waals surface area (Å²) in [4.78, 5) is 14.4. The summed E-state index contributed by atoms with van der Waals surface area (Å²) in [7, 11) is 3.39. The van der Waals surface area contributed by atoms with Crippen molar-refractivity contribution >= 4 is 53.4 Å². The summed E-state index contributed by atoms with van der Waals surface area (Å²) >= 11 is 3.45. The second kappa shape index (κ2) is 7.10. The van der Waals surface area contributed by atoms with Crippen molar-refractivity contribution in [2.45, 2.75) is 0 Å². The van der Waals surface area contributed by atoms with Crippen molar-refractivity contribution in [1.29, 1.82) is 0 Å². The minimum Gasteiger partial charge on any atom is -0.494 e. The van der Waals surface area contributed by atoms with Gasteiger partial charge in [-0.3, -0.25) is 0 Å². The fourth-order valence-corrected chi connectivity index (χ4v) is 5.58. The monoisotopic (exact) mass is 412 g/mol. The molecular weight excluding hydrogens is 392 g/mol. The van der Waals surface area contributed by atoms with Crippen LogP contribution in [0.15, 0.2) is 36.4 Å². The third-order valence-electron chi connectivity index (χ3n) is 5.00. The number of thiazole rings is 2. The van der Waals surface area contributed by atoms with E-state index in [-0.39, 0.29) is 0 Å². The molecule has 4 aromatic rings. The lowest BCUT2D eigenvalue weighted by Gasteiger charge is -2.34. The lowest BCUT2D eigenvalue weighted by molar-refractivity contribution is 0.419. The largest absolute Gasteiger partial charge is 0.494 e. The molecule has 1 saturated heterocycles. The molecule has 0 N–H and O–H groups in total. The van der Waals surface area contributed by atoms with E-state index in [0.29, 0.717) is 0 Å². The number of rotatable bonds is 4. The Morgan fingerprint density at radius 2 is 1.14 bits per heavy atom. The molecule has 1 aliphatic heterocycles. The lowest BCUT2D eigenvalue weighted by atomic mass is 10.3. The normalized spacial score (nSPS) is 14.8. The van der Waals surface area contributed by atoms with Crippen LogP contribution in [0.1, 0.15) is 0 Å². The van der Waals surface area contributed by atoms with E-state index in [1.165, 1.54) is 0 Å². The number of ether oxygens (including phenoxy) is 2. The van der Waals surface area contributed by atoms with Gasteiger partial charge in [0.1, 0.15) is 22.5 Å². The van der Waals surface area contributed by atoms with Crippen LogP contribution in [0.5, 0.6) is 11.5 Å². The number of anilines is 2. The molecule has 2 aromatic heterocycles. The first-order chi connectivity index (χ1) is 13.8. The quantitative estimate of drug-likeness (QED) is 0.499. The smallest absolute Gasteiger partial charge is 0.186 e. The van der Waals surface area contributed by atoms with Crippen LogP contribution in [-0.4, -0.2) is 50.4 Å². The van der Waals surface area contributed by atoms with E-state index in [1.54, 1.807) is 36.9 Å². The number of piperazine rings is 1. The summed E-state index contributed by atoms with van der Waals surface area (Å²) in [6, 6.07) is 12.2. The van der Waals surface area contributed by atoms with Crippen molar-refractivity contribution in [2.24, 2.45) is 0 Å². The summed E-state index contributed by atoms with van der Waals surface area (Å²) < 4.78 is 13.2. The van der Waals surface area contributed by atoms with Crippen LogP contribution in [0.3, 0.4) is 0 Å². The summed E-state index contributed by atoms with van der Waals surface area (Å²) in [5.41, 5.74) is 1.90. The minimum atomic E-state index is 0.835. The van der Waals surface area contributed by atoms with Gasteiger partial charge in [-0.2, -0.15) is 0 Å². The Morgan fingerprint density at radius 1 is 0.714 bits per heavy atom. The summed E-state index contributed by atoms with van der Waals surface area (Å²) in [5.74, 6) is 1.67. The highest BCUT2D eigenvalue weighted by molar-refractivity contribution is 7.22. The third-order valence-corrected chi connectivity index (χ3v) is 7.16. The number of hydrogen-bond acceptors (Lipinski definition) is 8. The van der Waals surface area contributed by atoms with Crippen molar-refractivity contribution in [2.75, 3.05) is 50.2 Å². The molecule has 8 heteroatoms. The molecule has 1 fully saturated rings. The Hall–Kier alpha value is -2.58. The molecule has 144 valence electrons. The van der Waals surface area contributed by atoms with Crippen LogP contribution in [0.25, 0.3) is 20.4 Å². The van der Waals surface area contributed by atoms with Crippen molar-refractivity contribution in [3.63, 3.8) is 0 Å². The number of fused-ring (bicyclic) bond motifs is 2. The fraction of sp³-hybridized carbons (Fsp3) is 0.300. The molecule has 0 atom stereocenters. The van der Waals surface area contributed by atoms with Crippen molar-refractivity contribution < 1.29 is 9.47 Å². The van der Waals surface area contributed by atoms with Crippen molar-refractivity contribution in [3.05, 3.63) is 36.4 Å². The molecule has 0 radical (unpaired) electrons. The van der Waals surface area contributed by atoms with Gasteiger partial charge in [-0.25, -0.2) is 9.97 Å². The van der Waals surface area contributed by atoms with E-state index >= 15 is 0 Å². The van der Waals surface area contributed by atoms with Crippen LogP contribution >= 0.6 is 22.7 Å². The van der Waals surface area contributed by atoms with Crippen LogP contribution in [-0.2, 0) is 0 Å². The van der Waals surface area contributed by atoms with Gasteiger partial charge >= 0.3 is 0 Å². The predicted molar refractivity (Wildman–Crippen MR) is 117 cm³/mol. The van der Waals surface area contributed by atoms with E-state index in [9.17, 15) is 0 Å². The zero-order chi connectivity index (χ0) is 19.1. The van der Waals surface area contributed by atoms with E-state index in [1.807, 2.05) is 24.3 Å². The minimum absolute atomic E-state index is 0.835. The molecule has 0 saturated carbocycles. The summed E-state index contributed by atoms with van der Waals surface area (Å²) in [6.07, 6.45) is 0. The summed E-state index contributed by atoms with van der Waals surface area (Å²) in [6.45, 7) is 3.70. The zero-order valence-corrected chi connectivity index (χ0v) is 17.3. The lowest BCUT2D eigenvalue weighted by Crippen LogP contribution is -2.46. The average Bonchev–Trinajstić information content (AvgIpc) is 3.37. The van der Waals surface area contributed by atoms with Gasteiger partial charge in [0.05, 0.1) is 23.6 Å². The molecule has 5 rings (SSSR count). The van der Waals surface area contributed by atoms with Gasteiger partial charge in [0.2, 0.25) is 0 Å². The van der Waals surface area contributed by atoms with Gasteiger partial charge in [0, 0.05) is 26.2 Å². The first-order valence-electron chi connectivity index (χ1n) is 9.14. The topological polar surface area (TPSA) is 50.7 Å². The molecule has 0 spiro atoms. The van der Waals surface area contributed by atoms with Crippen molar-refractivity contribution in [3.8, 4) is 11.5 Å². The van der Waals surface area contributed by atoms with E-state index in [2.05, 4.69) is 21.9 Å². The zero-order valence-electron chi connectivity index (χ0n) is 15.7. The molecule has 0 amide bonds. The van der Waals surface area contributed by atoms with E-state index in [0.717, 1.165) is 68.4 Å². The number of hydrogen-bond donors (Lipinski definition) is 0. The molecular formula is C20H20N4O2S2. The van der Waals surface area contributed by atoms with E-state index < -0.39 is 0 Å². The Balaban J connectivity index is 1.35. The fourth-order valence-electron chi connectivity index (χ4n) is 3.51. The van der Waals surface area contributed by atoms with Crippen LogP contribution in [0, 0.1) is 0 Å². The van der Waals surface area contributed by atoms with Gasteiger partial charge < -0.3 is 19.3 Å². The van der Waals surface area contributed by atoms with Crippen LogP contribution in [0.2, 0.25) is 0 Å². The Kier molecular flexibility index (Phi) is 4.44. The maximum absolute atomic E-state index is 5.45. The molecule has 28 heavy (non-hydrogen) atoms. The summed E-state index contributed by atoms with van der Waals surface area (Å²) in [5, 5.41) is 2.12. The number of para-hydroxylation sites is 2. The standard InChI is InChI=1S/C20H20N4O2S2/c1-25-13-5-3-7-15-17(13)21-19(27-15)23-9-11-24(12-10-23)20-22-18-14(26-2)6-4-8-16(18)28-20/h3-8H,9-12H2,1-2H3. The number of benzene rings is 2. The highest BCUT2D eigenvalue weighted by atomic mass is 32.1.